The summed E-state index contributed by atoms with van der Waals surface area (Å²) in [6.07, 6.45) is 1.54. The number of nitrogens with zero attached hydrogens (tertiary/aromatic N) is 2. The molecule has 5 nitrogen and oxygen atoms in total. The topological polar surface area (TPSA) is 71.2 Å². The van der Waals surface area contributed by atoms with Gasteiger partial charge >= 0.3 is 0 Å². The van der Waals surface area contributed by atoms with Crippen molar-refractivity contribution in [3.8, 4) is 0 Å². The molecule has 100 valence electrons. The Morgan fingerprint density at radius 2 is 2.32 bits per heavy atom. The van der Waals surface area contributed by atoms with Crippen molar-refractivity contribution < 1.29 is 4.79 Å². The third-order valence-corrected chi connectivity index (χ3v) is 3.74. The molecule has 0 aliphatic heterocycles. The van der Waals surface area contributed by atoms with E-state index in [9.17, 15) is 4.79 Å². The largest absolute Gasteiger partial charge is 0.337 e. The molecule has 0 fully saturated rings. The molecule has 19 heavy (non-hydrogen) atoms. The number of nitrogens with one attached hydrogen (secondary N) is 1. The summed E-state index contributed by atoms with van der Waals surface area (Å²) in [7, 11) is 1.74. The van der Waals surface area contributed by atoms with Gasteiger partial charge in [0.05, 0.1) is 10.9 Å². The van der Waals surface area contributed by atoms with E-state index in [1.54, 1.807) is 24.1 Å². The molecular formula is C12H13ClN4OS. The summed E-state index contributed by atoms with van der Waals surface area (Å²) in [5.41, 5.74) is 2.95. The average Bonchev–Trinajstić information content (AvgIpc) is 2.83. The van der Waals surface area contributed by atoms with Crippen molar-refractivity contribution in [1.29, 1.82) is 0 Å². The number of anilines is 1. The predicted octanol–water partition coefficient (Wildman–Crippen LogP) is 2.35. The predicted molar refractivity (Wildman–Crippen MR) is 77.2 cm³/mol. The summed E-state index contributed by atoms with van der Waals surface area (Å²) in [5.74, 6) is 5.63. The SMILES string of the molecule is CN(Cc1ccc(Cl)s1)C(=O)c1ccnc(NN)c1. The molecule has 3 N–H and O–H groups in total. The number of nitrogens with two attached hydrogens (primary N) is 1. The molecule has 0 bridgehead atoms. The second-order valence-electron chi connectivity index (χ2n) is 3.94. The highest BCUT2D eigenvalue weighted by Gasteiger charge is 2.13. The van der Waals surface area contributed by atoms with E-state index in [4.69, 9.17) is 17.4 Å². The fourth-order valence-corrected chi connectivity index (χ4v) is 2.75. The zero-order valence-corrected chi connectivity index (χ0v) is 11.8. The Morgan fingerprint density at radius 3 is 2.95 bits per heavy atom. The lowest BCUT2D eigenvalue weighted by Crippen LogP contribution is -2.26. The minimum Gasteiger partial charge on any atom is -0.337 e. The molecule has 2 rings (SSSR count). The van der Waals surface area contributed by atoms with Crippen LogP contribution in [-0.4, -0.2) is 22.8 Å². The van der Waals surface area contributed by atoms with Crippen molar-refractivity contribution in [3.63, 3.8) is 0 Å². The minimum atomic E-state index is -0.0941. The van der Waals surface area contributed by atoms with Gasteiger partial charge in [-0.05, 0) is 24.3 Å². The molecule has 2 aromatic heterocycles. The van der Waals surface area contributed by atoms with Crippen molar-refractivity contribution in [2.45, 2.75) is 6.54 Å². The Labute approximate surface area is 120 Å². The maximum Gasteiger partial charge on any atom is 0.254 e. The maximum atomic E-state index is 12.2. The monoisotopic (exact) mass is 296 g/mol. The van der Waals surface area contributed by atoms with E-state index >= 15 is 0 Å². The Morgan fingerprint density at radius 1 is 1.53 bits per heavy atom. The third-order valence-electron chi connectivity index (χ3n) is 2.52. The number of hydrazine groups is 1. The van der Waals surface area contributed by atoms with Gasteiger partial charge in [-0.2, -0.15) is 0 Å². The highest BCUT2D eigenvalue weighted by Crippen LogP contribution is 2.22. The van der Waals surface area contributed by atoms with E-state index in [0.717, 1.165) is 9.21 Å². The summed E-state index contributed by atoms with van der Waals surface area (Å²) in [6.45, 7) is 0.518. The number of carbonyl (C=O) groups excluding carboxylic acids is 1. The van der Waals surface area contributed by atoms with Gasteiger partial charge in [0, 0.05) is 23.7 Å². The number of amides is 1. The first-order valence-electron chi connectivity index (χ1n) is 5.52. The van der Waals surface area contributed by atoms with Gasteiger partial charge in [0.2, 0.25) is 0 Å². The number of hydrogen-bond acceptors (Lipinski definition) is 5. The molecule has 0 atom stereocenters. The van der Waals surface area contributed by atoms with Crippen LogP contribution in [0.3, 0.4) is 0 Å². The van der Waals surface area contributed by atoms with Crippen LogP contribution in [0, 0.1) is 0 Å². The average molecular weight is 297 g/mol. The van der Waals surface area contributed by atoms with Gasteiger partial charge in [0.1, 0.15) is 5.82 Å². The normalized spacial score (nSPS) is 10.3. The number of nitrogen functional groups attached to an aromatic ring is 1. The summed E-state index contributed by atoms with van der Waals surface area (Å²) < 4.78 is 0.717. The number of pyridine rings is 1. The summed E-state index contributed by atoms with van der Waals surface area (Å²) in [6, 6.07) is 7.00. The molecule has 1 amide bonds. The van der Waals surface area contributed by atoms with Crippen LogP contribution in [-0.2, 0) is 6.54 Å². The molecule has 0 saturated heterocycles. The van der Waals surface area contributed by atoms with Gasteiger partial charge in [0.25, 0.3) is 5.91 Å². The van der Waals surface area contributed by atoms with Gasteiger partial charge in [-0.3, -0.25) is 4.79 Å². The molecule has 2 heterocycles. The van der Waals surface area contributed by atoms with Crippen molar-refractivity contribution in [1.82, 2.24) is 9.88 Å². The van der Waals surface area contributed by atoms with E-state index in [1.807, 2.05) is 12.1 Å². The second-order valence-corrected chi connectivity index (χ2v) is 5.74. The van der Waals surface area contributed by atoms with Crippen LogP contribution >= 0.6 is 22.9 Å². The summed E-state index contributed by atoms with van der Waals surface area (Å²) >= 11 is 7.33. The van der Waals surface area contributed by atoms with Crippen LogP contribution in [0.15, 0.2) is 30.5 Å². The van der Waals surface area contributed by atoms with Gasteiger partial charge in [-0.1, -0.05) is 11.6 Å². The third kappa shape index (κ3) is 3.44. The molecule has 0 aromatic carbocycles. The molecular weight excluding hydrogens is 284 g/mol. The van der Waals surface area contributed by atoms with Gasteiger partial charge in [-0.15, -0.1) is 11.3 Å². The van der Waals surface area contributed by atoms with Crippen molar-refractivity contribution in [2.24, 2.45) is 5.84 Å². The summed E-state index contributed by atoms with van der Waals surface area (Å²) in [5, 5.41) is 0. The zero-order valence-electron chi connectivity index (χ0n) is 10.3. The highest BCUT2D eigenvalue weighted by atomic mass is 35.5. The van der Waals surface area contributed by atoms with Crippen LogP contribution < -0.4 is 11.3 Å². The number of hydrogen-bond donors (Lipinski definition) is 2. The van der Waals surface area contributed by atoms with E-state index < -0.39 is 0 Å². The molecule has 0 aliphatic carbocycles. The van der Waals surface area contributed by atoms with Gasteiger partial charge in [-0.25, -0.2) is 10.8 Å². The molecule has 0 unspecified atom stereocenters. The van der Waals surface area contributed by atoms with E-state index in [0.29, 0.717) is 17.9 Å². The maximum absolute atomic E-state index is 12.2. The smallest absolute Gasteiger partial charge is 0.254 e. The van der Waals surface area contributed by atoms with Gasteiger partial charge < -0.3 is 10.3 Å². The highest BCUT2D eigenvalue weighted by molar-refractivity contribution is 7.16. The standard InChI is InChI=1S/C12H13ClN4OS/c1-17(7-9-2-3-10(13)19-9)12(18)8-4-5-15-11(6-8)16-14/h2-6H,7,14H2,1H3,(H,15,16). The lowest BCUT2D eigenvalue weighted by molar-refractivity contribution is 0.0786. The number of aromatic nitrogens is 1. The fraction of sp³-hybridized carbons (Fsp3) is 0.167. The van der Waals surface area contributed by atoms with Crippen molar-refractivity contribution in [2.75, 3.05) is 12.5 Å². The minimum absolute atomic E-state index is 0.0941. The molecule has 0 aliphatic rings. The Hall–Kier alpha value is -1.63. The first kappa shape index (κ1) is 13.8. The Bertz CT molecular complexity index is 587. The van der Waals surface area contributed by atoms with E-state index in [1.165, 1.54) is 17.5 Å². The molecule has 7 heteroatoms. The first-order valence-corrected chi connectivity index (χ1v) is 6.72. The number of carbonyl (C=O) groups is 1. The van der Waals surface area contributed by atoms with Crippen LogP contribution in [0.2, 0.25) is 4.34 Å². The zero-order chi connectivity index (χ0) is 13.8. The number of rotatable bonds is 4. The molecule has 2 aromatic rings. The first-order chi connectivity index (χ1) is 9.10. The van der Waals surface area contributed by atoms with Crippen LogP contribution in [0.1, 0.15) is 15.2 Å². The van der Waals surface area contributed by atoms with Crippen LogP contribution in [0.5, 0.6) is 0 Å². The van der Waals surface area contributed by atoms with Gasteiger partial charge in [0.15, 0.2) is 0 Å². The Balaban J connectivity index is 2.09. The van der Waals surface area contributed by atoms with E-state index in [-0.39, 0.29) is 5.91 Å². The molecule has 0 saturated carbocycles. The molecule has 0 spiro atoms. The number of thiophene rings is 1. The Kier molecular flexibility index (Phi) is 4.36. The number of halogens is 1. The van der Waals surface area contributed by atoms with E-state index in [2.05, 4.69) is 10.4 Å². The van der Waals surface area contributed by atoms with Crippen LogP contribution in [0.4, 0.5) is 5.82 Å². The lowest BCUT2D eigenvalue weighted by Gasteiger charge is -2.16. The lowest BCUT2D eigenvalue weighted by atomic mass is 10.2. The quantitative estimate of drug-likeness (QED) is 0.671. The van der Waals surface area contributed by atoms with Crippen molar-refractivity contribution >= 4 is 34.7 Å². The van der Waals surface area contributed by atoms with Crippen molar-refractivity contribution in [3.05, 3.63) is 45.2 Å². The second kappa shape index (κ2) is 6.01. The molecule has 0 radical (unpaired) electrons. The summed E-state index contributed by atoms with van der Waals surface area (Å²) in [4.78, 5) is 18.8. The van der Waals surface area contributed by atoms with Crippen LogP contribution in [0.25, 0.3) is 0 Å². The fourth-order valence-electron chi connectivity index (χ4n) is 1.61.